The van der Waals surface area contributed by atoms with Gasteiger partial charge in [0.2, 0.25) is 5.13 Å². The van der Waals surface area contributed by atoms with Crippen molar-refractivity contribution in [2.24, 2.45) is 5.10 Å². The first kappa shape index (κ1) is 22.2. The van der Waals surface area contributed by atoms with Gasteiger partial charge in [0.15, 0.2) is 0 Å². The van der Waals surface area contributed by atoms with Gasteiger partial charge in [0.25, 0.3) is 0 Å². The van der Waals surface area contributed by atoms with Crippen molar-refractivity contribution in [2.75, 3.05) is 5.43 Å². The van der Waals surface area contributed by atoms with E-state index in [1.807, 2.05) is 12.3 Å². The fourth-order valence-electron chi connectivity index (χ4n) is 2.67. The average Bonchev–Trinajstić information content (AvgIpc) is 3.10. The normalized spacial score (nSPS) is 11.9. The maximum Gasteiger partial charge on any atom is 0.203 e. The highest BCUT2D eigenvalue weighted by atomic mass is 79.9. The molecule has 0 spiro atoms. The lowest BCUT2D eigenvalue weighted by atomic mass is 9.86. The molecule has 0 saturated heterocycles. The molecule has 0 unspecified atom stereocenters. The predicted molar refractivity (Wildman–Crippen MR) is 124 cm³/mol. The number of aryl methyl sites for hydroxylation is 1. The molecular formula is C22H25BrFN3S. The van der Waals surface area contributed by atoms with E-state index < -0.39 is 0 Å². The molecule has 3 rings (SSSR count). The summed E-state index contributed by atoms with van der Waals surface area (Å²) in [6.07, 6.45) is 0. The van der Waals surface area contributed by atoms with Crippen LogP contribution >= 0.6 is 28.3 Å². The molecule has 2 aromatic carbocycles. The first-order valence-corrected chi connectivity index (χ1v) is 9.75. The molecule has 0 bridgehead atoms. The van der Waals surface area contributed by atoms with E-state index in [-0.39, 0.29) is 28.2 Å². The zero-order valence-electron chi connectivity index (χ0n) is 16.7. The Morgan fingerprint density at radius 3 is 2.39 bits per heavy atom. The number of benzene rings is 2. The van der Waals surface area contributed by atoms with Crippen LogP contribution in [-0.2, 0) is 5.41 Å². The summed E-state index contributed by atoms with van der Waals surface area (Å²) in [5.41, 5.74) is 8.75. The number of nitrogens with zero attached hydrogens (tertiary/aromatic N) is 2. The van der Waals surface area contributed by atoms with Crippen molar-refractivity contribution in [2.45, 2.75) is 40.0 Å². The standard InChI is InChI=1S/C22H24FN3S.BrH/c1-14-12-17(8-11-19(14)23)20-13-27-21(24-20)26-25-15(2)16-6-9-18(10-7-16)22(3,4)5;/h6-13H,1-5H3,(H,24,26);1H/b25-15-;. The third-order valence-electron chi connectivity index (χ3n) is 4.45. The van der Waals surface area contributed by atoms with Crippen molar-refractivity contribution in [3.05, 3.63) is 70.4 Å². The zero-order chi connectivity index (χ0) is 19.6. The fraction of sp³-hybridized carbons (Fsp3) is 0.273. The quantitative estimate of drug-likeness (QED) is 0.336. The number of thiazole rings is 1. The van der Waals surface area contributed by atoms with Gasteiger partial charge in [-0.1, -0.05) is 45.0 Å². The topological polar surface area (TPSA) is 37.3 Å². The molecule has 6 heteroatoms. The van der Waals surface area contributed by atoms with Crippen LogP contribution in [0.4, 0.5) is 9.52 Å². The van der Waals surface area contributed by atoms with Gasteiger partial charge in [-0.25, -0.2) is 9.37 Å². The van der Waals surface area contributed by atoms with Crippen molar-refractivity contribution in [1.29, 1.82) is 0 Å². The van der Waals surface area contributed by atoms with E-state index in [0.717, 1.165) is 22.5 Å². The highest BCUT2D eigenvalue weighted by Gasteiger charge is 2.13. The number of hydrogen-bond acceptors (Lipinski definition) is 4. The minimum absolute atomic E-state index is 0. The highest BCUT2D eigenvalue weighted by molar-refractivity contribution is 8.93. The molecule has 0 aliphatic carbocycles. The smallest absolute Gasteiger partial charge is 0.203 e. The van der Waals surface area contributed by atoms with Crippen LogP contribution < -0.4 is 5.43 Å². The maximum absolute atomic E-state index is 13.4. The number of hydrogen-bond donors (Lipinski definition) is 1. The summed E-state index contributed by atoms with van der Waals surface area (Å²) in [4.78, 5) is 4.54. The Bertz CT molecular complexity index is 972. The van der Waals surface area contributed by atoms with Gasteiger partial charge in [-0.2, -0.15) is 5.10 Å². The molecule has 0 aliphatic heterocycles. The van der Waals surface area contributed by atoms with Gasteiger partial charge in [-0.05, 0) is 54.2 Å². The Balaban J connectivity index is 0.00000280. The Morgan fingerprint density at radius 1 is 1.11 bits per heavy atom. The second-order valence-electron chi connectivity index (χ2n) is 7.64. The second-order valence-corrected chi connectivity index (χ2v) is 8.50. The van der Waals surface area contributed by atoms with Crippen molar-refractivity contribution in [3.8, 4) is 11.3 Å². The molecule has 0 amide bonds. The van der Waals surface area contributed by atoms with Crippen LogP contribution in [0.3, 0.4) is 0 Å². The number of rotatable bonds is 4. The Hall–Kier alpha value is -2.05. The zero-order valence-corrected chi connectivity index (χ0v) is 19.2. The van der Waals surface area contributed by atoms with Crippen LogP contribution in [0.25, 0.3) is 11.3 Å². The van der Waals surface area contributed by atoms with Crippen molar-refractivity contribution in [3.63, 3.8) is 0 Å². The molecule has 0 radical (unpaired) electrons. The second kappa shape index (κ2) is 8.97. The van der Waals surface area contributed by atoms with Gasteiger partial charge in [0.1, 0.15) is 5.82 Å². The lowest BCUT2D eigenvalue weighted by Gasteiger charge is -2.19. The molecular weight excluding hydrogens is 437 g/mol. The minimum atomic E-state index is -0.204. The number of hydrazone groups is 1. The van der Waals surface area contributed by atoms with E-state index in [0.29, 0.717) is 10.7 Å². The van der Waals surface area contributed by atoms with E-state index in [2.05, 4.69) is 60.5 Å². The summed E-state index contributed by atoms with van der Waals surface area (Å²) in [6.45, 7) is 10.3. The van der Waals surface area contributed by atoms with Gasteiger partial charge in [0, 0.05) is 10.9 Å². The Morgan fingerprint density at radius 2 is 1.79 bits per heavy atom. The van der Waals surface area contributed by atoms with Gasteiger partial charge in [-0.3, -0.25) is 5.43 Å². The van der Waals surface area contributed by atoms with Crippen LogP contribution in [0, 0.1) is 12.7 Å². The SMILES string of the molecule is Br.C/C(=N/Nc1nc(-c2ccc(F)c(C)c2)cs1)c1ccc(C(C)(C)C)cc1. The average molecular weight is 462 g/mol. The van der Waals surface area contributed by atoms with Crippen LogP contribution in [0.15, 0.2) is 52.9 Å². The number of nitrogens with one attached hydrogen (secondary N) is 1. The monoisotopic (exact) mass is 461 g/mol. The molecule has 3 nitrogen and oxygen atoms in total. The lowest BCUT2D eigenvalue weighted by molar-refractivity contribution is 0.590. The molecule has 0 atom stereocenters. The minimum Gasteiger partial charge on any atom is -0.252 e. The molecule has 0 aliphatic rings. The van der Waals surface area contributed by atoms with E-state index in [9.17, 15) is 4.39 Å². The first-order chi connectivity index (χ1) is 12.7. The van der Waals surface area contributed by atoms with Crippen LogP contribution in [0.5, 0.6) is 0 Å². The molecule has 0 fully saturated rings. The van der Waals surface area contributed by atoms with E-state index in [1.54, 1.807) is 19.1 Å². The van der Waals surface area contributed by atoms with E-state index in [4.69, 9.17) is 0 Å². The van der Waals surface area contributed by atoms with E-state index in [1.165, 1.54) is 23.0 Å². The molecule has 1 N–H and O–H groups in total. The molecule has 28 heavy (non-hydrogen) atoms. The van der Waals surface area contributed by atoms with Gasteiger partial charge < -0.3 is 0 Å². The summed E-state index contributed by atoms with van der Waals surface area (Å²) >= 11 is 1.47. The molecule has 1 heterocycles. The summed E-state index contributed by atoms with van der Waals surface area (Å²) in [5, 5.41) is 7.10. The molecule has 1 aromatic heterocycles. The van der Waals surface area contributed by atoms with Crippen molar-refractivity contribution in [1.82, 2.24) is 4.98 Å². The van der Waals surface area contributed by atoms with Crippen LogP contribution in [0.2, 0.25) is 0 Å². The summed E-state index contributed by atoms with van der Waals surface area (Å²) in [5.74, 6) is -0.204. The number of aromatic nitrogens is 1. The van der Waals surface area contributed by atoms with Gasteiger partial charge in [-0.15, -0.1) is 28.3 Å². The maximum atomic E-state index is 13.4. The van der Waals surface area contributed by atoms with Crippen LogP contribution in [-0.4, -0.2) is 10.7 Å². The summed E-state index contributed by atoms with van der Waals surface area (Å²) in [6, 6.07) is 13.5. The number of anilines is 1. The molecule has 0 saturated carbocycles. The third kappa shape index (κ3) is 5.26. The fourth-order valence-corrected chi connectivity index (χ4v) is 3.33. The Labute approximate surface area is 180 Å². The van der Waals surface area contributed by atoms with Crippen LogP contribution in [0.1, 0.15) is 44.4 Å². The van der Waals surface area contributed by atoms with Gasteiger partial charge >= 0.3 is 0 Å². The molecule has 148 valence electrons. The summed E-state index contributed by atoms with van der Waals surface area (Å²) < 4.78 is 13.4. The number of halogens is 2. The summed E-state index contributed by atoms with van der Waals surface area (Å²) in [7, 11) is 0. The lowest BCUT2D eigenvalue weighted by Crippen LogP contribution is -2.11. The third-order valence-corrected chi connectivity index (χ3v) is 5.19. The molecule has 3 aromatic rings. The highest BCUT2D eigenvalue weighted by Crippen LogP contribution is 2.26. The first-order valence-electron chi connectivity index (χ1n) is 8.87. The van der Waals surface area contributed by atoms with Crippen molar-refractivity contribution >= 4 is 39.2 Å². The largest absolute Gasteiger partial charge is 0.252 e. The Kier molecular flexibility index (Phi) is 7.12. The van der Waals surface area contributed by atoms with E-state index >= 15 is 0 Å². The predicted octanol–water partition coefficient (Wildman–Crippen LogP) is 6.97. The van der Waals surface area contributed by atoms with Gasteiger partial charge in [0.05, 0.1) is 11.4 Å². The van der Waals surface area contributed by atoms with Crippen molar-refractivity contribution < 1.29 is 4.39 Å².